The van der Waals surface area contributed by atoms with Crippen LogP contribution in [-0.4, -0.2) is 40.1 Å². The van der Waals surface area contributed by atoms with E-state index >= 15 is 0 Å². The summed E-state index contributed by atoms with van der Waals surface area (Å²) in [6, 6.07) is 12.5. The second kappa shape index (κ2) is 7.46. The lowest BCUT2D eigenvalue weighted by Gasteiger charge is -2.33. The number of hydrogen-bond donors (Lipinski definition) is 2. The summed E-state index contributed by atoms with van der Waals surface area (Å²) < 4.78 is 0. The van der Waals surface area contributed by atoms with Crippen LogP contribution in [0.25, 0.3) is 0 Å². The first-order chi connectivity index (χ1) is 12.7. The van der Waals surface area contributed by atoms with E-state index in [1.54, 1.807) is 0 Å². The van der Waals surface area contributed by atoms with Crippen molar-refractivity contribution >= 4 is 11.8 Å². The summed E-state index contributed by atoms with van der Waals surface area (Å²) in [4.78, 5) is 18.8. The lowest BCUT2D eigenvalue weighted by Crippen LogP contribution is -2.42. The fourth-order valence-corrected chi connectivity index (χ4v) is 4.10. The summed E-state index contributed by atoms with van der Waals surface area (Å²) in [6.45, 7) is 2.92. The van der Waals surface area contributed by atoms with E-state index in [0.29, 0.717) is 11.4 Å². The van der Waals surface area contributed by atoms with Crippen LogP contribution in [0, 0.1) is 0 Å². The number of benzene rings is 1. The minimum absolute atomic E-state index is 0.234. The smallest absolute Gasteiger partial charge is 0.339 e. The number of carbonyl (C=O) groups is 1. The van der Waals surface area contributed by atoms with Gasteiger partial charge in [0.05, 0.1) is 0 Å². The van der Waals surface area contributed by atoms with Gasteiger partial charge in [-0.1, -0.05) is 30.3 Å². The average Bonchev–Trinajstić information content (AvgIpc) is 3.09. The van der Waals surface area contributed by atoms with Gasteiger partial charge in [0.1, 0.15) is 11.4 Å². The van der Waals surface area contributed by atoms with Crippen LogP contribution in [-0.2, 0) is 19.4 Å². The van der Waals surface area contributed by atoms with Crippen LogP contribution in [0.5, 0.6) is 0 Å². The van der Waals surface area contributed by atoms with Crippen LogP contribution in [0.1, 0.15) is 46.4 Å². The molecule has 1 aromatic heterocycles. The van der Waals surface area contributed by atoms with Gasteiger partial charge in [0.2, 0.25) is 0 Å². The molecule has 4 rings (SSSR count). The van der Waals surface area contributed by atoms with E-state index in [1.165, 1.54) is 5.56 Å². The zero-order chi connectivity index (χ0) is 17.9. The van der Waals surface area contributed by atoms with Gasteiger partial charge in [-0.2, -0.15) is 0 Å². The molecule has 1 saturated heterocycles. The summed E-state index contributed by atoms with van der Waals surface area (Å²) in [5.41, 5.74) is 3.79. The number of carboxylic acid groups (broad SMARTS) is 1. The van der Waals surface area contributed by atoms with Crippen LogP contribution in [0.15, 0.2) is 36.4 Å². The predicted octanol–water partition coefficient (Wildman–Crippen LogP) is 3.35. The van der Waals surface area contributed by atoms with E-state index < -0.39 is 5.97 Å². The first-order valence-electron chi connectivity index (χ1n) is 9.48. The second-order valence-corrected chi connectivity index (χ2v) is 7.35. The Labute approximate surface area is 154 Å². The van der Waals surface area contributed by atoms with Crippen molar-refractivity contribution in [2.24, 2.45) is 0 Å². The fraction of sp³-hybridized carbons (Fsp3) is 0.429. The van der Waals surface area contributed by atoms with Gasteiger partial charge in [-0.25, -0.2) is 9.78 Å². The highest BCUT2D eigenvalue weighted by Gasteiger charge is 2.24. The Morgan fingerprint density at radius 2 is 2.08 bits per heavy atom. The van der Waals surface area contributed by atoms with Crippen molar-refractivity contribution in [3.05, 3.63) is 58.8 Å². The van der Waals surface area contributed by atoms with E-state index in [2.05, 4.69) is 39.5 Å². The number of carboxylic acids is 1. The van der Waals surface area contributed by atoms with E-state index in [-0.39, 0.29) is 6.04 Å². The number of piperidine rings is 1. The second-order valence-electron chi connectivity index (χ2n) is 7.35. The molecule has 1 unspecified atom stereocenters. The predicted molar refractivity (Wildman–Crippen MR) is 102 cm³/mol. The molecular formula is C21H25N3O2. The lowest BCUT2D eigenvalue weighted by molar-refractivity contribution is 0.0697. The average molecular weight is 351 g/mol. The molecule has 0 bridgehead atoms. The van der Waals surface area contributed by atoms with Gasteiger partial charge in [-0.05, 0) is 55.8 Å². The highest BCUT2D eigenvalue weighted by atomic mass is 16.4. The molecule has 5 heteroatoms. The first-order valence-corrected chi connectivity index (χ1v) is 9.48. The van der Waals surface area contributed by atoms with Crippen molar-refractivity contribution in [2.75, 3.05) is 18.4 Å². The van der Waals surface area contributed by atoms with E-state index in [4.69, 9.17) is 0 Å². The molecule has 1 aliphatic carbocycles. The van der Waals surface area contributed by atoms with Crippen molar-refractivity contribution in [2.45, 2.75) is 44.7 Å². The van der Waals surface area contributed by atoms with E-state index in [0.717, 1.165) is 63.0 Å². The highest BCUT2D eigenvalue weighted by molar-refractivity contribution is 5.93. The molecule has 2 heterocycles. The minimum atomic E-state index is -0.897. The summed E-state index contributed by atoms with van der Waals surface area (Å²) >= 11 is 0. The van der Waals surface area contributed by atoms with Crippen molar-refractivity contribution < 1.29 is 9.90 Å². The van der Waals surface area contributed by atoms with Gasteiger partial charge in [0.15, 0.2) is 0 Å². The molecule has 2 N–H and O–H groups in total. The number of aromatic carboxylic acids is 1. The topological polar surface area (TPSA) is 65.5 Å². The van der Waals surface area contributed by atoms with Gasteiger partial charge in [0.25, 0.3) is 0 Å². The molecule has 0 amide bonds. The summed E-state index contributed by atoms with van der Waals surface area (Å²) in [5, 5.41) is 13.0. The number of rotatable bonds is 5. The molecule has 2 aliphatic rings. The molecule has 0 spiro atoms. The number of aryl methyl sites for hydroxylation is 2. The van der Waals surface area contributed by atoms with Crippen LogP contribution >= 0.6 is 0 Å². The number of likely N-dealkylation sites (tertiary alicyclic amines) is 1. The van der Waals surface area contributed by atoms with Crippen molar-refractivity contribution in [3.63, 3.8) is 0 Å². The maximum atomic E-state index is 11.7. The van der Waals surface area contributed by atoms with Crippen molar-refractivity contribution in [3.8, 4) is 0 Å². The minimum Gasteiger partial charge on any atom is -0.478 e. The first kappa shape index (κ1) is 17.0. The Hall–Kier alpha value is -2.40. The number of hydrogen-bond acceptors (Lipinski definition) is 4. The van der Waals surface area contributed by atoms with Crippen LogP contribution in [0.2, 0.25) is 0 Å². The van der Waals surface area contributed by atoms with Gasteiger partial charge in [-0.15, -0.1) is 0 Å². The molecule has 2 aromatic rings. The fourth-order valence-electron chi connectivity index (χ4n) is 4.10. The van der Waals surface area contributed by atoms with Gasteiger partial charge < -0.3 is 10.4 Å². The molecule has 1 atom stereocenters. The molecular weight excluding hydrogens is 326 g/mol. The number of fused-ring (bicyclic) bond motifs is 1. The maximum absolute atomic E-state index is 11.7. The van der Waals surface area contributed by atoms with E-state index in [1.807, 2.05) is 12.1 Å². The van der Waals surface area contributed by atoms with E-state index in [9.17, 15) is 9.90 Å². The number of anilines is 1. The Kier molecular flexibility index (Phi) is 4.89. The monoisotopic (exact) mass is 351 g/mol. The molecule has 1 aliphatic heterocycles. The lowest BCUT2D eigenvalue weighted by atomic mass is 10.0. The molecule has 1 aromatic carbocycles. The number of pyridine rings is 1. The van der Waals surface area contributed by atoms with Crippen LogP contribution in [0.4, 0.5) is 5.82 Å². The third kappa shape index (κ3) is 3.73. The van der Waals surface area contributed by atoms with Crippen molar-refractivity contribution in [1.82, 2.24) is 9.88 Å². The third-order valence-electron chi connectivity index (χ3n) is 5.38. The number of nitrogens with one attached hydrogen (secondary N) is 1. The molecule has 5 nitrogen and oxygen atoms in total. The highest BCUT2D eigenvalue weighted by Crippen LogP contribution is 2.27. The SMILES string of the molecule is O=C(O)c1cc2c(nc1NC1CCCN(Cc3ccccc3)C1)CCC2. The Morgan fingerprint density at radius 1 is 1.23 bits per heavy atom. The normalized spacial score (nSPS) is 19.9. The third-order valence-corrected chi connectivity index (χ3v) is 5.38. The molecule has 136 valence electrons. The van der Waals surface area contributed by atoms with Gasteiger partial charge in [-0.3, -0.25) is 4.90 Å². The molecule has 0 saturated carbocycles. The maximum Gasteiger partial charge on any atom is 0.339 e. The summed E-state index contributed by atoms with van der Waals surface area (Å²) in [5.74, 6) is -0.351. The van der Waals surface area contributed by atoms with Crippen LogP contribution < -0.4 is 5.32 Å². The summed E-state index contributed by atoms with van der Waals surface area (Å²) in [6.07, 6.45) is 5.12. The quantitative estimate of drug-likeness (QED) is 0.865. The summed E-state index contributed by atoms with van der Waals surface area (Å²) in [7, 11) is 0. The molecule has 0 radical (unpaired) electrons. The zero-order valence-electron chi connectivity index (χ0n) is 14.9. The van der Waals surface area contributed by atoms with Crippen molar-refractivity contribution in [1.29, 1.82) is 0 Å². The zero-order valence-corrected chi connectivity index (χ0v) is 14.9. The van der Waals surface area contributed by atoms with Gasteiger partial charge in [0, 0.05) is 24.8 Å². The Morgan fingerprint density at radius 3 is 2.88 bits per heavy atom. The van der Waals surface area contributed by atoms with Gasteiger partial charge >= 0.3 is 5.97 Å². The Bertz CT molecular complexity index is 791. The molecule has 1 fully saturated rings. The Balaban J connectivity index is 1.47. The van der Waals surface area contributed by atoms with Crippen LogP contribution in [0.3, 0.4) is 0 Å². The number of nitrogens with zero attached hydrogens (tertiary/aromatic N) is 2. The molecule has 26 heavy (non-hydrogen) atoms. The standard InChI is InChI=1S/C21H25N3O2/c25-21(26)18-12-16-8-4-10-19(16)23-20(18)22-17-9-5-11-24(14-17)13-15-6-2-1-3-7-15/h1-3,6-7,12,17H,4-5,8-11,13-14H2,(H,22,23)(H,25,26). The number of aromatic nitrogens is 1. The largest absolute Gasteiger partial charge is 0.478 e.